The normalized spacial score (nSPS) is 10.6. The van der Waals surface area contributed by atoms with E-state index < -0.39 is 11.5 Å². The number of aromatic amines is 1. The molecule has 0 radical (unpaired) electrons. The van der Waals surface area contributed by atoms with E-state index in [-0.39, 0.29) is 5.56 Å². The van der Waals surface area contributed by atoms with E-state index in [2.05, 4.69) is 4.98 Å². The number of nitrogens with one attached hydrogen (secondary N) is 1. The Hall–Kier alpha value is -2.10. The van der Waals surface area contributed by atoms with Crippen LogP contribution in [-0.2, 0) is 0 Å². The molecule has 1 aromatic carbocycles. The fourth-order valence-electron chi connectivity index (χ4n) is 1.85. The van der Waals surface area contributed by atoms with E-state index >= 15 is 0 Å². The molecule has 0 aliphatic heterocycles. The number of aryl methyl sites for hydroxylation is 2. The van der Waals surface area contributed by atoms with Crippen molar-refractivity contribution in [2.75, 3.05) is 0 Å². The number of pyridine rings is 1. The summed E-state index contributed by atoms with van der Waals surface area (Å²) in [6, 6.07) is 5.21. The van der Waals surface area contributed by atoms with Gasteiger partial charge in [0.05, 0.1) is 5.52 Å². The molecule has 4 nitrogen and oxygen atoms in total. The van der Waals surface area contributed by atoms with E-state index in [0.29, 0.717) is 5.52 Å². The van der Waals surface area contributed by atoms with Gasteiger partial charge in [0.1, 0.15) is 5.56 Å². The van der Waals surface area contributed by atoms with Crippen LogP contribution in [0.5, 0.6) is 0 Å². The van der Waals surface area contributed by atoms with Crippen molar-refractivity contribution in [2.24, 2.45) is 0 Å². The number of hydrogen-bond acceptors (Lipinski definition) is 2. The maximum absolute atomic E-state index is 11.5. The van der Waals surface area contributed by atoms with Crippen LogP contribution in [0.1, 0.15) is 21.5 Å². The van der Waals surface area contributed by atoms with Crippen molar-refractivity contribution >= 4 is 16.9 Å². The second-order valence-corrected chi connectivity index (χ2v) is 3.86. The molecule has 1 aromatic heterocycles. The standard InChI is InChI=1S/C12H11NO3/c1-6-3-7(2)10-8(4-6)5-9(12(15)16)11(14)13-10/h3-5H,1-2H3,(H,13,14)(H,15,16). The molecule has 4 heteroatoms. The highest BCUT2D eigenvalue weighted by Crippen LogP contribution is 2.17. The number of aromatic nitrogens is 1. The number of rotatable bonds is 1. The highest BCUT2D eigenvalue weighted by atomic mass is 16.4. The average Bonchev–Trinajstić information content (AvgIpc) is 2.18. The van der Waals surface area contributed by atoms with Crippen LogP contribution in [0, 0.1) is 13.8 Å². The molecular formula is C12H11NO3. The van der Waals surface area contributed by atoms with Gasteiger partial charge in [0.15, 0.2) is 0 Å². The first-order chi connectivity index (χ1) is 7.49. The van der Waals surface area contributed by atoms with Crippen LogP contribution in [0.3, 0.4) is 0 Å². The summed E-state index contributed by atoms with van der Waals surface area (Å²) in [6.45, 7) is 3.81. The molecule has 2 N–H and O–H groups in total. The quantitative estimate of drug-likeness (QED) is 0.765. The Morgan fingerprint density at radius 1 is 1.25 bits per heavy atom. The van der Waals surface area contributed by atoms with Gasteiger partial charge in [0, 0.05) is 0 Å². The third kappa shape index (κ3) is 1.58. The third-order valence-electron chi connectivity index (χ3n) is 2.52. The molecule has 0 fully saturated rings. The topological polar surface area (TPSA) is 70.2 Å². The Morgan fingerprint density at radius 2 is 1.94 bits per heavy atom. The second-order valence-electron chi connectivity index (χ2n) is 3.86. The van der Waals surface area contributed by atoms with Crippen molar-refractivity contribution in [1.29, 1.82) is 0 Å². The van der Waals surface area contributed by atoms with Gasteiger partial charge >= 0.3 is 5.97 Å². The number of hydrogen-bond donors (Lipinski definition) is 2. The SMILES string of the molecule is Cc1cc(C)c2[nH]c(=O)c(C(=O)O)cc2c1. The number of H-pyrrole nitrogens is 1. The summed E-state index contributed by atoms with van der Waals surface area (Å²) >= 11 is 0. The molecule has 0 saturated carbocycles. The van der Waals surface area contributed by atoms with Crippen LogP contribution in [0.2, 0.25) is 0 Å². The summed E-state index contributed by atoms with van der Waals surface area (Å²) in [5, 5.41) is 9.59. The van der Waals surface area contributed by atoms with Crippen molar-refractivity contribution in [3.8, 4) is 0 Å². The summed E-state index contributed by atoms with van der Waals surface area (Å²) in [5.41, 5.74) is 1.88. The van der Waals surface area contributed by atoms with Crippen molar-refractivity contribution < 1.29 is 9.90 Å². The lowest BCUT2D eigenvalue weighted by Crippen LogP contribution is -2.17. The van der Waals surface area contributed by atoms with Crippen LogP contribution >= 0.6 is 0 Å². The van der Waals surface area contributed by atoms with Crippen LogP contribution in [0.25, 0.3) is 10.9 Å². The van der Waals surface area contributed by atoms with Gasteiger partial charge in [-0.15, -0.1) is 0 Å². The molecule has 0 amide bonds. The van der Waals surface area contributed by atoms with Crippen molar-refractivity contribution in [1.82, 2.24) is 4.98 Å². The van der Waals surface area contributed by atoms with E-state index in [1.54, 1.807) is 0 Å². The van der Waals surface area contributed by atoms with E-state index in [9.17, 15) is 9.59 Å². The highest BCUT2D eigenvalue weighted by Gasteiger charge is 2.10. The minimum Gasteiger partial charge on any atom is -0.477 e. The maximum atomic E-state index is 11.5. The smallest absolute Gasteiger partial charge is 0.341 e. The second kappa shape index (κ2) is 3.48. The van der Waals surface area contributed by atoms with Crippen molar-refractivity contribution in [2.45, 2.75) is 13.8 Å². The summed E-state index contributed by atoms with van der Waals surface area (Å²) in [7, 11) is 0. The fourth-order valence-corrected chi connectivity index (χ4v) is 1.85. The van der Waals surface area contributed by atoms with Crippen LogP contribution in [0.4, 0.5) is 0 Å². The summed E-state index contributed by atoms with van der Waals surface area (Å²) in [6.07, 6.45) is 0. The first-order valence-electron chi connectivity index (χ1n) is 4.86. The van der Waals surface area contributed by atoms with E-state index in [1.165, 1.54) is 6.07 Å². The minimum absolute atomic E-state index is 0.225. The predicted octanol–water partition coefficient (Wildman–Crippen LogP) is 1.84. The molecule has 1 heterocycles. The van der Waals surface area contributed by atoms with Gasteiger partial charge in [-0.3, -0.25) is 4.79 Å². The fraction of sp³-hybridized carbons (Fsp3) is 0.167. The Bertz CT molecular complexity index is 640. The molecule has 2 rings (SSSR count). The van der Waals surface area contributed by atoms with Crippen LogP contribution < -0.4 is 5.56 Å². The molecule has 16 heavy (non-hydrogen) atoms. The summed E-state index contributed by atoms with van der Waals surface area (Å²) < 4.78 is 0. The monoisotopic (exact) mass is 217 g/mol. The van der Waals surface area contributed by atoms with Gasteiger partial charge in [-0.25, -0.2) is 4.79 Å². The Balaban J connectivity index is 2.90. The van der Waals surface area contributed by atoms with Crippen LogP contribution in [0.15, 0.2) is 23.0 Å². The predicted molar refractivity (Wildman–Crippen MR) is 61.0 cm³/mol. The minimum atomic E-state index is -1.21. The highest BCUT2D eigenvalue weighted by molar-refractivity contribution is 5.93. The average molecular weight is 217 g/mol. The molecule has 0 unspecified atom stereocenters. The zero-order valence-corrected chi connectivity index (χ0v) is 9.00. The first-order valence-corrected chi connectivity index (χ1v) is 4.86. The Labute approximate surface area is 91.5 Å². The van der Waals surface area contributed by atoms with Crippen LogP contribution in [-0.4, -0.2) is 16.1 Å². The number of benzene rings is 1. The van der Waals surface area contributed by atoms with Gasteiger partial charge < -0.3 is 10.1 Å². The molecule has 0 aliphatic carbocycles. The lowest BCUT2D eigenvalue weighted by Gasteiger charge is -2.04. The van der Waals surface area contributed by atoms with E-state index in [0.717, 1.165) is 16.5 Å². The molecule has 0 bridgehead atoms. The number of carboxylic acid groups (broad SMARTS) is 1. The molecule has 0 spiro atoms. The molecule has 2 aromatic rings. The summed E-state index contributed by atoms with van der Waals surface area (Å²) in [4.78, 5) is 24.9. The largest absolute Gasteiger partial charge is 0.477 e. The Morgan fingerprint density at radius 3 is 2.56 bits per heavy atom. The molecule has 0 atom stereocenters. The summed E-state index contributed by atoms with van der Waals surface area (Å²) in [5.74, 6) is -1.21. The van der Waals surface area contributed by atoms with E-state index in [1.807, 2.05) is 26.0 Å². The molecule has 0 saturated heterocycles. The number of carboxylic acids is 1. The zero-order valence-electron chi connectivity index (χ0n) is 9.00. The van der Waals surface area contributed by atoms with Gasteiger partial charge in [-0.2, -0.15) is 0 Å². The maximum Gasteiger partial charge on any atom is 0.341 e. The lowest BCUT2D eigenvalue weighted by molar-refractivity contribution is 0.0695. The molecule has 82 valence electrons. The molecule has 0 aliphatic rings. The van der Waals surface area contributed by atoms with E-state index in [4.69, 9.17) is 5.11 Å². The Kier molecular flexibility index (Phi) is 2.27. The third-order valence-corrected chi connectivity index (χ3v) is 2.52. The number of aromatic carboxylic acids is 1. The van der Waals surface area contributed by atoms with Gasteiger partial charge in [0.25, 0.3) is 5.56 Å². The first kappa shape index (κ1) is 10.4. The number of fused-ring (bicyclic) bond motifs is 1. The zero-order chi connectivity index (χ0) is 11.9. The van der Waals surface area contributed by atoms with Gasteiger partial charge in [-0.1, -0.05) is 11.6 Å². The van der Waals surface area contributed by atoms with Crippen molar-refractivity contribution in [3.63, 3.8) is 0 Å². The van der Waals surface area contributed by atoms with Gasteiger partial charge in [0.2, 0.25) is 0 Å². The van der Waals surface area contributed by atoms with Gasteiger partial charge in [-0.05, 0) is 36.9 Å². The molecular weight excluding hydrogens is 206 g/mol. The lowest BCUT2D eigenvalue weighted by atomic mass is 10.1. The van der Waals surface area contributed by atoms with Crippen molar-refractivity contribution in [3.05, 3.63) is 45.2 Å². The number of carbonyl (C=O) groups is 1.